The highest BCUT2D eigenvalue weighted by Gasteiger charge is 2.07. The smallest absolute Gasteiger partial charge is 0.248 e. The third-order valence-corrected chi connectivity index (χ3v) is 3.23. The largest absolute Gasteiger partial charge is 0.320 e. The summed E-state index contributed by atoms with van der Waals surface area (Å²) in [6.07, 6.45) is 2.08. The van der Waals surface area contributed by atoms with Crippen molar-refractivity contribution in [2.45, 2.75) is 0 Å². The predicted octanol–water partition coefficient (Wildman–Crippen LogP) is 4.10. The monoisotopic (exact) mass is 365 g/mol. The molecule has 0 saturated heterocycles. The third kappa shape index (κ3) is 4.33. The molecule has 0 spiro atoms. The number of rotatable bonds is 4. The van der Waals surface area contributed by atoms with Crippen LogP contribution in [0.4, 0.5) is 14.5 Å². The highest BCUT2D eigenvalue weighted by molar-refractivity contribution is 9.10. The highest BCUT2D eigenvalue weighted by Crippen LogP contribution is 2.15. The first-order valence-electron chi connectivity index (χ1n) is 6.20. The van der Waals surface area contributed by atoms with Crippen molar-refractivity contribution in [3.63, 3.8) is 0 Å². The molecule has 0 aliphatic heterocycles. The molecule has 0 aliphatic rings. The minimum atomic E-state index is -0.888. The van der Waals surface area contributed by atoms with Crippen LogP contribution in [0.15, 0.2) is 59.1 Å². The van der Waals surface area contributed by atoms with Crippen LogP contribution >= 0.6 is 15.9 Å². The van der Waals surface area contributed by atoms with Gasteiger partial charge >= 0.3 is 0 Å². The van der Waals surface area contributed by atoms with E-state index in [2.05, 4.69) is 21.2 Å². The number of halogens is 3. The van der Waals surface area contributed by atoms with Gasteiger partial charge in [-0.25, -0.2) is 8.78 Å². The van der Waals surface area contributed by atoms with Crippen molar-refractivity contribution in [3.05, 3.63) is 76.3 Å². The van der Waals surface area contributed by atoms with Crippen LogP contribution < -0.4 is 5.32 Å². The van der Waals surface area contributed by atoms with Crippen LogP contribution in [-0.4, -0.2) is 11.7 Å². The van der Waals surface area contributed by atoms with Crippen LogP contribution in [0.5, 0.6) is 0 Å². The first-order chi connectivity index (χ1) is 10.5. The zero-order valence-corrected chi connectivity index (χ0v) is 12.7. The van der Waals surface area contributed by atoms with E-state index in [9.17, 15) is 18.4 Å². The summed E-state index contributed by atoms with van der Waals surface area (Å²) >= 11 is 3.25. The predicted molar refractivity (Wildman–Crippen MR) is 82.6 cm³/mol. The number of carbonyl (C=O) groups excluding carboxylic acids is 2. The maximum absolute atomic E-state index is 13.4. The average molecular weight is 366 g/mol. The molecule has 112 valence electrons. The number of anilines is 1. The fraction of sp³-hybridized carbons (Fsp3) is 0. The van der Waals surface area contributed by atoms with E-state index in [-0.39, 0.29) is 11.5 Å². The molecule has 2 aromatic rings. The van der Waals surface area contributed by atoms with Gasteiger partial charge < -0.3 is 5.32 Å². The summed E-state index contributed by atoms with van der Waals surface area (Å²) < 4.78 is 26.9. The van der Waals surface area contributed by atoms with Gasteiger partial charge in [0.25, 0.3) is 0 Å². The number of hydrogen-bond acceptors (Lipinski definition) is 2. The van der Waals surface area contributed by atoms with Crippen molar-refractivity contribution >= 4 is 33.3 Å². The van der Waals surface area contributed by atoms with E-state index in [1.54, 1.807) is 24.3 Å². The molecule has 0 radical (unpaired) electrons. The quantitative estimate of drug-likeness (QED) is 0.654. The molecule has 0 heterocycles. The molecule has 2 rings (SSSR count). The van der Waals surface area contributed by atoms with Crippen LogP contribution in [0.3, 0.4) is 0 Å². The van der Waals surface area contributed by atoms with Gasteiger partial charge in [0.05, 0.1) is 5.69 Å². The molecule has 2 aromatic carbocycles. The molecular weight excluding hydrogens is 356 g/mol. The van der Waals surface area contributed by atoms with Crippen LogP contribution in [0.1, 0.15) is 10.4 Å². The maximum Gasteiger partial charge on any atom is 0.248 e. The van der Waals surface area contributed by atoms with E-state index in [4.69, 9.17) is 0 Å². The second-order valence-corrected chi connectivity index (χ2v) is 5.23. The summed E-state index contributed by atoms with van der Waals surface area (Å²) in [4.78, 5) is 23.4. The van der Waals surface area contributed by atoms with E-state index in [1.165, 1.54) is 0 Å². The van der Waals surface area contributed by atoms with Crippen molar-refractivity contribution in [3.8, 4) is 0 Å². The molecule has 1 N–H and O–H groups in total. The Labute approximate surface area is 133 Å². The molecule has 3 nitrogen and oxygen atoms in total. The van der Waals surface area contributed by atoms with Crippen LogP contribution in [-0.2, 0) is 4.79 Å². The molecule has 6 heteroatoms. The van der Waals surface area contributed by atoms with E-state index in [0.717, 1.165) is 28.8 Å². The Morgan fingerprint density at radius 1 is 1.00 bits per heavy atom. The van der Waals surface area contributed by atoms with Gasteiger partial charge in [0.2, 0.25) is 5.91 Å². The molecule has 0 aromatic heterocycles. The number of nitrogens with one attached hydrogen (secondary N) is 1. The average Bonchev–Trinajstić information content (AvgIpc) is 2.48. The number of ketones is 1. The minimum Gasteiger partial charge on any atom is -0.320 e. The Bertz CT molecular complexity index is 742. The Balaban J connectivity index is 2.02. The Hall–Kier alpha value is -2.34. The van der Waals surface area contributed by atoms with Crippen molar-refractivity contribution in [2.24, 2.45) is 0 Å². The fourth-order valence-electron chi connectivity index (χ4n) is 1.63. The summed E-state index contributed by atoms with van der Waals surface area (Å²) in [5.74, 6) is -2.67. The fourth-order valence-corrected chi connectivity index (χ4v) is 1.89. The van der Waals surface area contributed by atoms with Crippen molar-refractivity contribution in [1.29, 1.82) is 0 Å². The van der Waals surface area contributed by atoms with Crippen molar-refractivity contribution in [2.75, 3.05) is 5.32 Å². The first kappa shape index (κ1) is 16.0. The Morgan fingerprint density at radius 2 is 1.68 bits per heavy atom. The molecule has 1 amide bonds. The lowest BCUT2D eigenvalue weighted by atomic mass is 10.1. The van der Waals surface area contributed by atoms with Gasteiger partial charge in [0.15, 0.2) is 5.78 Å². The van der Waals surface area contributed by atoms with E-state index < -0.39 is 17.5 Å². The molecule has 0 fully saturated rings. The van der Waals surface area contributed by atoms with Gasteiger partial charge in [-0.05, 0) is 42.5 Å². The zero-order chi connectivity index (χ0) is 16.1. The minimum absolute atomic E-state index is 0.160. The van der Waals surface area contributed by atoms with Gasteiger partial charge in [0, 0.05) is 22.2 Å². The summed E-state index contributed by atoms with van der Waals surface area (Å²) in [6.45, 7) is 0. The normalized spacial score (nSPS) is 10.7. The van der Waals surface area contributed by atoms with Crippen LogP contribution in [0.25, 0.3) is 0 Å². The molecule has 0 saturated carbocycles. The lowest BCUT2D eigenvalue weighted by Gasteiger charge is -2.03. The molecule has 0 atom stereocenters. The maximum atomic E-state index is 13.4. The van der Waals surface area contributed by atoms with Gasteiger partial charge in [0.1, 0.15) is 11.6 Å². The number of benzene rings is 2. The van der Waals surface area contributed by atoms with E-state index >= 15 is 0 Å². The van der Waals surface area contributed by atoms with Crippen LogP contribution in [0.2, 0.25) is 0 Å². The third-order valence-electron chi connectivity index (χ3n) is 2.70. The van der Waals surface area contributed by atoms with Gasteiger partial charge in [-0.15, -0.1) is 0 Å². The second-order valence-electron chi connectivity index (χ2n) is 4.32. The number of amides is 1. The lowest BCUT2D eigenvalue weighted by molar-refractivity contribution is -0.111. The van der Waals surface area contributed by atoms with Crippen LogP contribution in [0, 0.1) is 11.6 Å². The van der Waals surface area contributed by atoms with E-state index in [1.807, 2.05) is 0 Å². The van der Waals surface area contributed by atoms with E-state index in [0.29, 0.717) is 11.6 Å². The molecule has 0 aliphatic carbocycles. The zero-order valence-electron chi connectivity index (χ0n) is 11.1. The standard InChI is InChI=1S/C16H10BrF2NO2/c17-11-3-1-10(2-4-11)15(21)7-8-16(22)20-14-6-5-12(18)9-13(14)19/h1-9H,(H,20,22)/b8-7+. The van der Waals surface area contributed by atoms with Gasteiger partial charge in [-0.2, -0.15) is 0 Å². The summed E-state index contributed by atoms with van der Waals surface area (Å²) in [6, 6.07) is 9.40. The molecule has 22 heavy (non-hydrogen) atoms. The van der Waals surface area contributed by atoms with Gasteiger partial charge in [-0.3, -0.25) is 9.59 Å². The lowest BCUT2D eigenvalue weighted by Crippen LogP contribution is -2.10. The Morgan fingerprint density at radius 3 is 2.32 bits per heavy atom. The highest BCUT2D eigenvalue weighted by atomic mass is 79.9. The molecule has 0 bridgehead atoms. The topological polar surface area (TPSA) is 46.2 Å². The summed E-state index contributed by atoms with van der Waals surface area (Å²) in [5, 5.41) is 2.23. The number of carbonyl (C=O) groups is 2. The summed E-state index contributed by atoms with van der Waals surface area (Å²) in [7, 11) is 0. The molecular formula is C16H10BrF2NO2. The first-order valence-corrected chi connectivity index (χ1v) is 6.99. The molecule has 0 unspecified atom stereocenters. The Kier molecular flexibility index (Phi) is 5.16. The van der Waals surface area contributed by atoms with Crippen molar-refractivity contribution < 1.29 is 18.4 Å². The number of allylic oxidation sites excluding steroid dienone is 1. The second kappa shape index (κ2) is 7.09. The van der Waals surface area contributed by atoms with Crippen molar-refractivity contribution in [1.82, 2.24) is 0 Å². The number of hydrogen-bond donors (Lipinski definition) is 1. The van der Waals surface area contributed by atoms with Gasteiger partial charge in [-0.1, -0.05) is 15.9 Å². The summed E-state index contributed by atoms with van der Waals surface area (Å²) in [5.41, 5.74) is 0.257. The SMILES string of the molecule is O=C(/C=C/C(=O)c1ccc(Br)cc1)Nc1ccc(F)cc1F.